The van der Waals surface area contributed by atoms with Gasteiger partial charge in [0.15, 0.2) is 0 Å². The highest BCUT2D eigenvalue weighted by Gasteiger charge is 2.28. The third-order valence-electron chi connectivity index (χ3n) is 7.17. The van der Waals surface area contributed by atoms with E-state index < -0.39 is 0 Å². The normalized spacial score (nSPS) is 13.5. The van der Waals surface area contributed by atoms with E-state index in [1.807, 2.05) is 79.1 Å². The summed E-state index contributed by atoms with van der Waals surface area (Å²) in [4.78, 5) is 29.9. The quantitative estimate of drug-likeness (QED) is 0.325. The van der Waals surface area contributed by atoms with Crippen molar-refractivity contribution in [3.63, 3.8) is 0 Å². The van der Waals surface area contributed by atoms with Gasteiger partial charge in [0.25, 0.3) is 5.91 Å². The molecule has 0 unspecified atom stereocenters. The van der Waals surface area contributed by atoms with Gasteiger partial charge >= 0.3 is 0 Å². The topological polar surface area (TPSA) is 54.8 Å². The Hall–Kier alpha value is -4.23. The maximum atomic E-state index is 13.7. The van der Waals surface area contributed by atoms with Crippen molar-refractivity contribution in [1.82, 2.24) is 14.4 Å². The van der Waals surface area contributed by atoms with Crippen LogP contribution in [0.3, 0.4) is 0 Å². The van der Waals surface area contributed by atoms with Gasteiger partial charge in [-0.05, 0) is 67.4 Å². The summed E-state index contributed by atoms with van der Waals surface area (Å²) in [7, 11) is 0. The van der Waals surface area contributed by atoms with Gasteiger partial charge in [-0.1, -0.05) is 48.0 Å². The second-order valence-corrected chi connectivity index (χ2v) is 9.86. The standard InChI is InChI=1S/C32H32FN3O3/c1-23-8-14-28(15-9-23)36-24(2)29(20-30(36)26-10-12-27(33)13-11-26)32(38)35-18-16-34(17-19-35)31(37)22-39-21-25-6-4-3-5-7-25/h3-15,20H,16-19,21-22H2,1-2H3. The molecule has 0 radical (unpaired) electrons. The molecule has 2 amide bonds. The smallest absolute Gasteiger partial charge is 0.255 e. The number of benzene rings is 3. The van der Waals surface area contributed by atoms with Crippen LogP contribution < -0.4 is 0 Å². The van der Waals surface area contributed by atoms with E-state index in [1.165, 1.54) is 12.1 Å². The molecule has 39 heavy (non-hydrogen) atoms. The zero-order valence-corrected chi connectivity index (χ0v) is 22.3. The lowest BCUT2D eigenvalue weighted by Gasteiger charge is -2.34. The minimum atomic E-state index is -0.307. The molecule has 1 aromatic heterocycles. The van der Waals surface area contributed by atoms with E-state index in [0.717, 1.165) is 33.8 Å². The van der Waals surface area contributed by atoms with Gasteiger partial charge in [0.1, 0.15) is 12.4 Å². The van der Waals surface area contributed by atoms with Crippen molar-refractivity contribution < 1.29 is 18.7 Å². The fraction of sp³-hybridized carbons (Fsp3) is 0.250. The van der Waals surface area contributed by atoms with E-state index in [-0.39, 0.29) is 24.2 Å². The fourth-order valence-corrected chi connectivity index (χ4v) is 4.93. The van der Waals surface area contributed by atoms with Crippen molar-refractivity contribution in [2.45, 2.75) is 20.5 Å². The molecule has 2 heterocycles. The van der Waals surface area contributed by atoms with E-state index >= 15 is 0 Å². The summed E-state index contributed by atoms with van der Waals surface area (Å²) in [6.07, 6.45) is 0. The van der Waals surface area contributed by atoms with E-state index in [0.29, 0.717) is 38.3 Å². The molecule has 0 spiro atoms. The van der Waals surface area contributed by atoms with Gasteiger partial charge in [-0.3, -0.25) is 9.59 Å². The third kappa shape index (κ3) is 5.94. The highest BCUT2D eigenvalue weighted by atomic mass is 19.1. The van der Waals surface area contributed by atoms with E-state index in [1.54, 1.807) is 21.9 Å². The fourth-order valence-electron chi connectivity index (χ4n) is 4.93. The predicted octanol–water partition coefficient (Wildman–Crippen LogP) is 5.40. The molecule has 1 fully saturated rings. The zero-order chi connectivity index (χ0) is 27.4. The molecule has 5 rings (SSSR count). The van der Waals surface area contributed by atoms with Crippen molar-refractivity contribution in [3.8, 4) is 16.9 Å². The first-order chi connectivity index (χ1) is 18.9. The first kappa shape index (κ1) is 26.4. The Morgan fingerprint density at radius 1 is 0.821 bits per heavy atom. The molecule has 6 nitrogen and oxygen atoms in total. The average Bonchev–Trinajstić information content (AvgIpc) is 3.31. The molecule has 0 saturated carbocycles. The molecule has 1 aliphatic rings. The number of ether oxygens (including phenoxy) is 1. The number of hydrogen-bond donors (Lipinski definition) is 0. The van der Waals surface area contributed by atoms with Crippen LogP contribution >= 0.6 is 0 Å². The number of aromatic nitrogens is 1. The van der Waals surface area contributed by atoms with Crippen molar-refractivity contribution in [2.24, 2.45) is 0 Å². The Kier molecular flexibility index (Phi) is 7.89. The van der Waals surface area contributed by atoms with Crippen molar-refractivity contribution in [1.29, 1.82) is 0 Å². The van der Waals surface area contributed by atoms with Crippen molar-refractivity contribution >= 4 is 11.8 Å². The summed E-state index contributed by atoms with van der Waals surface area (Å²) in [5, 5.41) is 0. The summed E-state index contributed by atoms with van der Waals surface area (Å²) in [5.74, 6) is -0.453. The minimum Gasteiger partial charge on any atom is -0.367 e. The summed E-state index contributed by atoms with van der Waals surface area (Å²) >= 11 is 0. The number of hydrogen-bond acceptors (Lipinski definition) is 3. The van der Waals surface area contributed by atoms with Crippen LogP contribution in [-0.4, -0.2) is 59.0 Å². The lowest BCUT2D eigenvalue weighted by atomic mass is 10.1. The number of rotatable bonds is 7. The summed E-state index contributed by atoms with van der Waals surface area (Å²) in [5.41, 5.74) is 6.16. The molecule has 1 aliphatic heterocycles. The number of amides is 2. The van der Waals surface area contributed by atoms with Crippen LogP contribution in [-0.2, 0) is 16.1 Å². The zero-order valence-electron chi connectivity index (χ0n) is 22.3. The van der Waals surface area contributed by atoms with E-state index in [9.17, 15) is 14.0 Å². The van der Waals surface area contributed by atoms with Gasteiger partial charge in [-0.25, -0.2) is 4.39 Å². The maximum Gasteiger partial charge on any atom is 0.255 e. The number of carbonyl (C=O) groups is 2. The van der Waals surface area contributed by atoms with Crippen LogP contribution in [0, 0.1) is 19.7 Å². The highest BCUT2D eigenvalue weighted by Crippen LogP contribution is 2.31. The minimum absolute atomic E-state index is 0.0162. The third-order valence-corrected chi connectivity index (χ3v) is 7.17. The van der Waals surface area contributed by atoms with Crippen molar-refractivity contribution in [2.75, 3.05) is 32.8 Å². The van der Waals surface area contributed by atoms with Gasteiger partial charge < -0.3 is 19.1 Å². The molecule has 0 N–H and O–H groups in total. The largest absolute Gasteiger partial charge is 0.367 e. The monoisotopic (exact) mass is 525 g/mol. The first-order valence-electron chi connectivity index (χ1n) is 13.1. The summed E-state index contributed by atoms with van der Waals surface area (Å²) in [6.45, 7) is 6.19. The van der Waals surface area contributed by atoms with E-state index in [2.05, 4.69) is 0 Å². The Balaban J connectivity index is 1.29. The van der Waals surface area contributed by atoms with Crippen LogP contribution in [0.5, 0.6) is 0 Å². The molecule has 0 bridgehead atoms. The number of halogens is 1. The van der Waals surface area contributed by atoms with E-state index in [4.69, 9.17) is 4.74 Å². The molecule has 4 aromatic rings. The van der Waals surface area contributed by atoms with Crippen LogP contribution in [0.15, 0.2) is 84.9 Å². The number of carbonyl (C=O) groups excluding carboxylic acids is 2. The second-order valence-electron chi connectivity index (χ2n) is 9.86. The number of nitrogens with zero attached hydrogens (tertiary/aromatic N) is 3. The summed E-state index contributed by atoms with van der Waals surface area (Å²) in [6, 6.07) is 26.1. The number of piperazine rings is 1. The lowest BCUT2D eigenvalue weighted by molar-refractivity contribution is -0.138. The Labute approximate surface area is 228 Å². The highest BCUT2D eigenvalue weighted by molar-refractivity contribution is 5.97. The van der Waals surface area contributed by atoms with Gasteiger partial charge in [-0.15, -0.1) is 0 Å². The maximum absolute atomic E-state index is 13.7. The molecule has 200 valence electrons. The lowest BCUT2D eigenvalue weighted by Crippen LogP contribution is -2.51. The predicted molar refractivity (Wildman–Crippen MR) is 149 cm³/mol. The Bertz CT molecular complexity index is 1440. The molecule has 3 aromatic carbocycles. The van der Waals surface area contributed by atoms with Crippen LogP contribution in [0.2, 0.25) is 0 Å². The van der Waals surface area contributed by atoms with Gasteiger partial charge in [0.05, 0.1) is 17.9 Å². The van der Waals surface area contributed by atoms with Crippen LogP contribution in [0.25, 0.3) is 16.9 Å². The molecule has 0 atom stereocenters. The van der Waals surface area contributed by atoms with Gasteiger partial charge in [-0.2, -0.15) is 0 Å². The Morgan fingerprint density at radius 3 is 2.13 bits per heavy atom. The van der Waals surface area contributed by atoms with Gasteiger partial charge in [0.2, 0.25) is 5.91 Å². The molecular weight excluding hydrogens is 493 g/mol. The summed E-state index contributed by atoms with van der Waals surface area (Å²) < 4.78 is 21.3. The van der Waals surface area contributed by atoms with Crippen LogP contribution in [0.4, 0.5) is 4.39 Å². The SMILES string of the molecule is Cc1ccc(-n2c(-c3ccc(F)cc3)cc(C(=O)N3CCN(C(=O)COCc4ccccc4)CC3)c2C)cc1. The Morgan fingerprint density at radius 2 is 1.46 bits per heavy atom. The van der Waals surface area contributed by atoms with Gasteiger partial charge in [0, 0.05) is 37.6 Å². The first-order valence-corrected chi connectivity index (χ1v) is 13.1. The van der Waals surface area contributed by atoms with Crippen LogP contribution in [0.1, 0.15) is 27.2 Å². The second kappa shape index (κ2) is 11.7. The molecule has 7 heteroatoms. The molecular formula is C32H32FN3O3. The molecule has 1 saturated heterocycles. The number of aryl methyl sites for hydroxylation is 1. The average molecular weight is 526 g/mol. The van der Waals surface area contributed by atoms with Crippen molar-refractivity contribution in [3.05, 3.63) is 113 Å². The molecule has 0 aliphatic carbocycles.